The number of rotatable bonds is 7. The van der Waals surface area contributed by atoms with E-state index in [0.29, 0.717) is 0 Å². The molecule has 4 heterocycles. The maximum absolute atomic E-state index is 4.72. The molecular formula is C26H36N8S. The summed E-state index contributed by atoms with van der Waals surface area (Å²) in [6, 6.07) is 11.4. The number of likely N-dealkylation sites (tertiary alicyclic amines) is 1. The van der Waals surface area contributed by atoms with Crippen molar-refractivity contribution in [3.8, 4) is 0 Å². The molecule has 0 unspecified atom stereocenters. The van der Waals surface area contributed by atoms with Gasteiger partial charge in [-0.05, 0) is 54.6 Å². The summed E-state index contributed by atoms with van der Waals surface area (Å²) in [5, 5.41) is 13.4. The molecule has 0 amide bonds. The molecule has 1 saturated carbocycles. The molecule has 0 N–H and O–H groups in total. The van der Waals surface area contributed by atoms with Gasteiger partial charge in [-0.3, -0.25) is 19.7 Å². The first-order valence-electron chi connectivity index (χ1n) is 13.2. The largest absolute Gasteiger partial charge is 0.299 e. The van der Waals surface area contributed by atoms with E-state index in [9.17, 15) is 0 Å². The third-order valence-corrected chi connectivity index (χ3v) is 9.16. The Morgan fingerprint density at radius 2 is 1.77 bits per heavy atom. The lowest BCUT2D eigenvalue weighted by molar-refractivity contribution is 0.00617. The fraction of sp³-hybridized carbons (Fsp3) is 0.615. The summed E-state index contributed by atoms with van der Waals surface area (Å²) >= 11 is 1.75. The van der Waals surface area contributed by atoms with E-state index in [-0.39, 0.29) is 5.54 Å². The van der Waals surface area contributed by atoms with Crippen LogP contribution in [0.1, 0.15) is 54.8 Å². The number of tetrazole rings is 1. The van der Waals surface area contributed by atoms with Gasteiger partial charge in [0.05, 0.1) is 17.6 Å². The molecule has 35 heavy (non-hydrogen) atoms. The van der Waals surface area contributed by atoms with Crippen LogP contribution in [0.4, 0.5) is 0 Å². The Hall–Kier alpha value is -2.20. The zero-order valence-corrected chi connectivity index (χ0v) is 21.3. The summed E-state index contributed by atoms with van der Waals surface area (Å²) in [7, 11) is 0. The zero-order valence-electron chi connectivity index (χ0n) is 20.5. The standard InChI is InChI=1S/C26H36N8S/c1-2-6-22(7-3-1)19-34-25(28-29-30-34)26(10-14-31(15-11-26)20-24-18-27-21-35-24)33-13-5-12-32(16-17-33)23-8-4-9-23/h1-3,6-7,18,21,23H,4-5,8-17,19-20H2. The van der Waals surface area contributed by atoms with E-state index >= 15 is 0 Å². The maximum atomic E-state index is 4.72. The highest BCUT2D eigenvalue weighted by atomic mass is 32.1. The fourth-order valence-corrected chi connectivity index (χ4v) is 6.82. The van der Waals surface area contributed by atoms with Gasteiger partial charge in [0.15, 0.2) is 5.82 Å². The minimum Gasteiger partial charge on any atom is -0.299 e. The molecule has 3 aliphatic rings. The first-order valence-corrected chi connectivity index (χ1v) is 14.1. The molecule has 1 aromatic carbocycles. The molecule has 6 rings (SSSR count). The van der Waals surface area contributed by atoms with Crippen LogP contribution in [0.25, 0.3) is 0 Å². The average Bonchev–Trinajstić information content (AvgIpc) is 3.48. The van der Waals surface area contributed by atoms with E-state index < -0.39 is 0 Å². The van der Waals surface area contributed by atoms with Gasteiger partial charge in [0.25, 0.3) is 0 Å². The maximum Gasteiger partial charge on any atom is 0.172 e. The van der Waals surface area contributed by atoms with Crippen LogP contribution in [0.2, 0.25) is 0 Å². The van der Waals surface area contributed by atoms with E-state index in [1.165, 1.54) is 42.7 Å². The summed E-state index contributed by atoms with van der Waals surface area (Å²) in [5.41, 5.74) is 3.07. The smallest absolute Gasteiger partial charge is 0.172 e. The molecule has 0 spiro atoms. The Bertz CT molecular complexity index is 1060. The number of piperidine rings is 1. The SMILES string of the molecule is c1ccc(Cn2nnnc2C2(N3CCCN(C4CCC4)CC3)CCN(Cc3cncs3)CC2)cc1. The van der Waals surface area contributed by atoms with Gasteiger partial charge in [0.1, 0.15) is 0 Å². The molecule has 0 bridgehead atoms. The monoisotopic (exact) mass is 492 g/mol. The van der Waals surface area contributed by atoms with Crippen molar-refractivity contribution in [1.29, 1.82) is 0 Å². The molecule has 2 aromatic heterocycles. The Balaban J connectivity index is 1.25. The molecular weight excluding hydrogens is 456 g/mol. The van der Waals surface area contributed by atoms with Crippen molar-refractivity contribution in [2.45, 2.75) is 63.2 Å². The molecule has 3 fully saturated rings. The minimum absolute atomic E-state index is 0.113. The van der Waals surface area contributed by atoms with Crippen LogP contribution in [0, 0.1) is 0 Å². The molecule has 8 nitrogen and oxygen atoms in total. The normalized spacial score (nSPS) is 22.6. The first-order chi connectivity index (χ1) is 17.3. The summed E-state index contributed by atoms with van der Waals surface area (Å²) in [6.45, 7) is 8.43. The zero-order chi connectivity index (χ0) is 23.5. The van der Waals surface area contributed by atoms with Crippen LogP contribution in [0.5, 0.6) is 0 Å². The highest BCUT2D eigenvalue weighted by molar-refractivity contribution is 7.09. The summed E-state index contributed by atoms with van der Waals surface area (Å²) in [4.78, 5) is 13.7. The quantitative estimate of drug-likeness (QED) is 0.502. The van der Waals surface area contributed by atoms with Crippen molar-refractivity contribution in [3.63, 3.8) is 0 Å². The molecule has 2 saturated heterocycles. The summed E-state index contributed by atoms with van der Waals surface area (Å²) in [5.74, 6) is 1.05. The van der Waals surface area contributed by atoms with Crippen LogP contribution in [0.15, 0.2) is 42.0 Å². The lowest BCUT2D eigenvalue weighted by Gasteiger charge is -2.47. The average molecular weight is 493 g/mol. The molecule has 186 valence electrons. The van der Waals surface area contributed by atoms with Gasteiger partial charge in [-0.2, -0.15) is 0 Å². The van der Waals surface area contributed by atoms with E-state index in [0.717, 1.165) is 70.5 Å². The molecule has 9 heteroatoms. The van der Waals surface area contributed by atoms with Gasteiger partial charge in [-0.1, -0.05) is 36.8 Å². The number of aromatic nitrogens is 5. The predicted octanol–water partition coefficient (Wildman–Crippen LogP) is 3.23. The molecule has 0 atom stereocenters. The van der Waals surface area contributed by atoms with Crippen LogP contribution < -0.4 is 0 Å². The van der Waals surface area contributed by atoms with Gasteiger partial charge < -0.3 is 0 Å². The van der Waals surface area contributed by atoms with Gasteiger partial charge in [0.2, 0.25) is 0 Å². The first kappa shape index (κ1) is 23.2. The van der Waals surface area contributed by atoms with Crippen molar-refractivity contribution >= 4 is 11.3 Å². The predicted molar refractivity (Wildman–Crippen MR) is 137 cm³/mol. The lowest BCUT2D eigenvalue weighted by Crippen LogP contribution is -2.55. The number of hydrogen-bond donors (Lipinski definition) is 0. The van der Waals surface area contributed by atoms with Crippen molar-refractivity contribution < 1.29 is 0 Å². The molecule has 2 aliphatic heterocycles. The lowest BCUT2D eigenvalue weighted by atomic mass is 9.84. The third kappa shape index (κ3) is 4.91. The van der Waals surface area contributed by atoms with Crippen LogP contribution >= 0.6 is 11.3 Å². The molecule has 3 aromatic rings. The van der Waals surface area contributed by atoms with E-state index in [2.05, 4.69) is 65.1 Å². The second kappa shape index (κ2) is 10.4. The van der Waals surface area contributed by atoms with Gasteiger partial charge in [-0.15, -0.1) is 16.4 Å². The van der Waals surface area contributed by atoms with Crippen molar-refractivity contribution in [3.05, 3.63) is 58.3 Å². The Morgan fingerprint density at radius 3 is 2.51 bits per heavy atom. The van der Waals surface area contributed by atoms with Crippen LogP contribution in [-0.4, -0.2) is 85.2 Å². The Morgan fingerprint density at radius 1 is 0.914 bits per heavy atom. The highest BCUT2D eigenvalue weighted by Gasteiger charge is 2.46. The topological polar surface area (TPSA) is 66.2 Å². The highest BCUT2D eigenvalue weighted by Crippen LogP contribution is 2.39. The van der Waals surface area contributed by atoms with E-state index in [1.54, 1.807) is 11.3 Å². The van der Waals surface area contributed by atoms with Gasteiger partial charge in [0, 0.05) is 56.4 Å². The fourth-order valence-electron chi connectivity index (χ4n) is 6.19. The third-order valence-electron chi connectivity index (χ3n) is 8.40. The number of hydrogen-bond acceptors (Lipinski definition) is 8. The Kier molecular flexibility index (Phi) is 6.91. The number of thiazole rings is 1. The van der Waals surface area contributed by atoms with Crippen molar-refractivity contribution in [1.82, 2.24) is 39.9 Å². The van der Waals surface area contributed by atoms with E-state index in [4.69, 9.17) is 5.10 Å². The van der Waals surface area contributed by atoms with Gasteiger partial charge in [-0.25, -0.2) is 4.68 Å². The minimum atomic E-state index is -0.113. The number of benzene rings is 1. The van der Waals surface area contributed by atoms with Crippen molar-refractivity contribution in [2.75, 3.05) is 39.3 Å². The number of nitrogens with zero attached hydrogens (tertiary/aromatic N) is 8. The van der Waals surface area contributed by atoms with Crippen LogP contribution in [-0.2, 0) is 18.6 Å². The molecule has 1 aliphatic carbocycles. The summed E-state index contributed by atoms with van der Waals surface area (Å²) in [6.07, 6.45) is 9.52. The second-order valence-corrected chi connectivity index (χ2v) is 11.4. The van der Waals surface area contributed by atoms with Gasteiger partial charge >= 0.3 is 0 Å². The second-order valence-electron chi connectivity index (χ2n) is 10.4. The van der Waals surface area contributed by atoms with Crippen molar-refractivity contribution in [2.24, 2.45) is 0 Å². The Labute approximate surface area is 211 Å². The van der Waals surface area contributed by atoms with E-state index in [1.807, 2.05) is 11.7 Å². The van der Waals surface area contributed by atoms with Crippen LogP contribution in [0.3, 0.4) is 0 Å². The molecule has 0 radical (unpaired) electrons. The summed E-state index contributed by atoms with van der Waals surface area (Å²) < 4.78 is 2.07.